The maximum atomic E-state index is 12.7. The van der Waals surface area contributed by atoms with Gasteiger partial charge in [-0.25, -0.2) is 0 Å². The highest BCUT2D eigenvalue weighted by Gasteiger charge is 2.43. The zero-order valence-electron chi connectivity index (χ0n) is 10.4. The fourth-order valence-corrected chi connectivity index (χ4v) is 3.87. The molecular weight excluding hydrogens is 285 g/mol. The van der Waals surface area contributed by atoms with Gasteiger partial charge in [-0.15, -0.1) is 0 Å². The van der Waals surface area contributed by atoms with Crippen LogP contribution < -0.4 is 0 Å². The third-order valence-corrected chi connectivity index (χ3v) is 4.75. The summed E-state index contributed by atoms with van der Waals surface area (Å²) < 4.78 is 0. The highest BCUT2D eigenvalue weighted by atomic mass is 35.5. The van der Waals surface area contributed by atoms with Crippen LogP contribution in [0.1, 0.15) is 36.0 Å². The average Bonchev–Trinajstić information content (AvgIpc) is 2.61. The number of amides is 1. The summed E-state index contributed by atoms with van der Waals surface area (Å²) in [4.78, 5) is 14.6. The minimum absolute atomic E-state index is 0.102. The van der Waals surface area contributed by atoms with Gasteiger partial charge in [0.15, 0.2) is 0 Å². The number of halogens is 2. The molecule has 2 bridgehead atoms. The molecule has 3 rings (SSSR count). The van der Waals surface area contributed by atoms with E-state index in [1.165, 1.54) is 0 Å². The van der Waals surface area contributed by atoms with E-state index in [4.69, 9.17) is 23.2 Å². The molecule has 0 aliphatic carbocycles. The molecule has 0 spiro atoms. The molecule has 2 saturated heterocycles. The van der Waals surface area contributed by atoms with E-state index in [1.807, 2.05) is 4.90 Å². The summed E-state index contributed by atoms with van der Waals surface area (Å²) in [7, 11) is 0. The number of benzene rings is 1. The van der Waals surface area contributed by atoms with Crippen molar-refractivity contribution in [2.24, 2.45) is 0 Å². The van der Waals surface area contributed by atoms with Crippen molar-refractivity contribution in [2.45, 2.75) is 43.9 Å². The third kappa shape index (κ3) is 2.24. The molecule has 3 nitrogen and oxygen atoms in total. The SMILES string of the molecule is O=C(c1c(Cl)cccc1Cl)N1C2CCC1CC(O)C2. The molecule has 0 saturated carbocycles. The fraction of sp³-hybridized carbons (Fsp3) is 0.500. The minimum Gasteiger partial charge on any atom is -0.393 e. The van der Waals surface area contributed by atoms with Crippen LogP contribution in [0.25, 0.3) is 0 Å². The first-order chi connectivity index (χ1) is 9.08. The number of carbonyl (C=O) groups excluding carboxylic acids is 1. The molecular formula is C14H15Cl2NO2. The Balaban J connectivity index is 1.93. The number of rotatable bonds is 1. The smallest absolute Gasteiger partial charge is 0.257 e. The molecule has 2 atom stereocenters. The standard InChI is InChI=1S/C14H15Cl2NO2/c15-11-2-1-3-12(16)13(11)14(19)17-8-4-5-9(17)7-10(18)6-8/h1-3,8-10,18H,4-7H2. The lowest BCUT2D eigenvalue weighted by atomic mass is 9.98. The van der Waals surface area contributed by atoms with Gasteiger partial charge in [-0.2, -0.15) is 0 Å². The zero-order chi connectivity index (χ0) is 13.6. The van der Waals surface area contributed by atoms with E-state index in [1.54, 1.807) is 18.2 Å². The predicted molar refractivity (Wildman–Crippen MR) is 74.7 cm³/mol. The topological polar surface area (TPSA) is 40.5 Å². The van der Waals surface area contributed by atoms with Gasteiger partial charge in [0, 0.05) is 12.1 Å². The summed E-state index contributed by atoms with van der Waals surface area (Å²) in [5.41, 5.74) is 0.388. The third-order valence-electron chi connectivity index (χ3n) is 4.12. The normalized spacial score (nSPS) is 29.6. The molecule has 1 amide bonds. The van der Waals surface area contributed by atoms with Crippen molar-refractivity contribution in [2.75, 3.05) is 0 Å². The summed E-state index contributed by atoms with van der Waals surface area (Å²) in [5, 5.41) is 10.6. The first-order valence-electron chi connectivity index (χ1n) is 6.52. The van der Waals surface area contributed by atoms with Crippen LogP contribution in [0, 0.1) is 0 Å². The second kappa shape index (κ2) is 4.97. The first-order valence-corrected chi connectivity index (χ1v) is 7.28. The molecule has 2 fully saturated rings. The number of piperidine rings is 1. The number of aliphatic hydroxyl groups excluding tert-OH is 1. The maximum Gasteiger partial charge on any atom is 0.257 e. The van der Waals surface area contributed by atoms with Crippen LogP contribution in [0.5, 0.6) is 0 Å². The molecule has 2 heterocycles. The van der Waals surface area contributed by atoms with Gasteiger partial charge in [-0.3, -0.25) is 4.79 Å². The van der Waals surface area contributed by atoms with Crippen LogP contribution >= 0.6 is 23.2 Å². The Kier molecular flexibility index (Phi) is 3.46. The second-order valence-electron chi connectivity index (χ2n) is 5.32. The molecule has 5 heteroatoms. The lowest BCUT2D eigenvalue weighted by Gasteiger charge is -2.37. The Morgan fingerprint density at radius 3 is 2.21 bits per heavy atom. The van der Waals surface area contributed by atoms with E-state index in [2.05, 4.69) is 0 Å². The molecule has 0 aromatic heterocycles. The Hall–Kier alpha value is -0.770. The molecule has 2 unspecified atom stereocenters. The Labute approximate surface area is 122 Å². The number of hydrogen-bond donors (Lipinski definition) is 1. The van der Waals surface area contributed by atoms with Crippen molar-refractivity contribution >= 4 is 29.1 Å². The average molecular weight is 300 g/mol. The van der Waals surface area contributed by atoms with Gasteiger partial charge in [0.1, 0.15) is 0 Å². The van der Waals surface area contributed by atoms with Gasteiger partial charge in [-0.1, -0.05) is 29.3 Å². The second-order valence-corrected chi connectivity index (χ2v) is 6.13. The molecule has 0 radical (unpaired) electrons. The number of hydrogen-bond acceptors (Lipinski definition) is 2. The van der Waals surface area contributed by atoms with Gasteiger partial charge in [-0.05, 0) is 37.8 Å². The maximum absolute atomic E-state index is 12.7. The highest BCUT2D eigenvalue weighted by molar-refractivity contribution is 6.39. The van der Waals surface area contributed by atoms with Crippen molar-refractivity contribution in [1.29, 1.82) is 0 Å². The van der Waals surface area contributed by atoms with Crippen LogP contribution in [-0.2, 0) is 0 Å². The minimum atomic E-state index is -0.289. The number of nitrogens with zero attached hydrogens (tertiary/aromatic N) is 1. The summed E-state index contributed by atoms with van der Waals surface area (Å²) in [6.45, 7) is 0. The fourth-order valence-electron chi connectivity index (χ4n) is 3.31. The van der Waals surface area contributed by atoms with Crippen molar-refractivity contribution in [1.82, 2.24) is 4.90 Å². The molecule has 19 heavy (non-hydrogen) atoms. The van der Waals surface area contributed by atoms with Crippen LogP contribution in [-0.4, -0.2) is 34.1 Å². The van der Waals surface area contributed by atoms with E-state index in [0.29, 0.717) is 28.5 Å². The number of carbonyl (C=O) groups is 1. The summed E-state index contributed by atoms with van der Waals surface area (Å²) in [6.07, 6.45) is 2.93. The van der Waals surface area contributed by atoms with Gasteiger partial charge in [0.25, 0.3) is 5.91 Å². The highest BCUT2D eigenvalue weighted by Crippen LogP contribution is 2.38. The predicted octanol–water partition coefficient (Wildman–Crippen LogP) is 3.12. The van der Waals surface area contributed by atoms with E-state index in [-0.39, 0.29) is 24.1 Å². The number of aliphatic hydroxyl groups is 1. The van der Waals surface area contributed by atoms with E-state index in [9.17, 15) is 9.90 Å². The quantitative estimate of drug-likeness (QED) is 0.865. The van der Waals surface area contributed by atoms with Crippen molar-refractivity contribution < 1.29 is 9.90 Å². The summed E-state index contributed by atoms with van der Waals surface area (Å²) in [5.74, 6) is -0.102. The summed E-state index contributed by atoms with van der Waals surface area (Å²) in [6, 6.07) is 5.33. The van der Waals surface area contributed by atoms with Gasteiger partial charge >= 0.3 is 0 Å². The van der Waals surface area contributed by atoms with Crippen LogP contribution in [0.4, 0.5) is 0 Å². The molecule has 102 valence electrons. The molecule has 2 aliphatic heterocycles. The Morgan fingerprint density at radius 2 is 1.68 bits per heavy atom. The van der Waals surface area contributed by atoms with Crippen molar-refractivity contribution in [3.8, 4) is 0 Å². The first kappa shape index (κ1) is 13.2. The van der Waals surface area contributed by atoms with E-state index in [0.717, 1.165) is 12.8 Å². The number of fused-ring (bicyclic) bond motifs is 2. The van der Waals surface area contributed by atoms with Crippen LogP contribution in [0.15, 0.2) is 18.2 Å². The van der Waals surface area contributed by atoms with Crippen molar-refractivity contribution in [3.05, 3.63) is 33.8 Å². The van der Waals surface area contributed by atoms with Gasteiger partial charge in [0.05, 0.1) is 21.7 Å². The lowest BCUT2D eigenvalue weighted by molar-refractivity contribution is 0.0287. The molecule has 1 N–H and O–H groups in total. The molecule has 2 aliphatic rings. The van der Waals surface area contributed by atoms with Crippen LogP contribution in [0.2, 0.25) is 10.0 Å². The monoisotopic (exact) mass is 299 g/mol. The Morgan fingerprint density at radius 1 is 1.16 bits per heavy atom. The van der Waals surface area contributed by atoms with Crippen LogP contribution in [0.3, 0.4) is 0 Å². The molecule has 1 aromatic carbocycles. The van der Waals surface area contributed by atoms with Gasteiger partial charge < -0.3 is 10.0 Å². The Bertz CT molecular complexity index is 486. The largest absolute Gasteiger partial charge is 0.393 e. The van der Waals surface area contributed by atoms with E-state index < -0.39 is 0 Å². The summed E-state index contributed by atoms with van der Waals surface area (Å²) >= 11 is 12.2. The zero-order valence-corrected chi connectivity index (χ0v) is 11.9. The molecule has 1 aromatic rings. The van der Waals surface area contributed by atoms with Crippen molar-refractivity contribution in [3.63, 3.8) is 0 Å². The van der Waals surface area contributed by atoms with Gasteiger partial charge in [0.2, 0.25) is 0 Å². The van der Waals surface area contributed by atoms with E-state index >= 15 is 0 Å². The lowest BCUT2D eigenvalue weighted by Crippen LogP contribution is -2.48.